The Bertz CT molecular complexity index is 714. The number of benzene rings is 1. The normalized spacial score (nSPS) is 19.1. The molecular formula is C23H38IN5O2. The van der Waals surface area contributed by atoms with Gasteiger partial charge in [0.05, 0.1) is 13.0 Å². The highest BCUT2D eigenvalue weighted by Crippen LogP contribution is 2.19. The summed E-state index contributed by atoms with van der Waals surface area (Å²) in [6.07, 6.45) is 1.63. The van der Waals surface area contributed by atoms with E-state index in [0.29, 0.717) is 0 Å². The van der Waals surface area contributed by atoms with E-state index in [4.69, 9.17) is 4.74 Å². The number of methoxy groups -OCH3 is 1. The molecule has 0 amide bonds. The number of rotatable bonds is 6. The molecule has 0 spiro atoms. The Morgan fingerprint density at radius 2 is 1.68 bits per heavy atom. The summed E-state index contributed by atoms with van der Waals surface area (Å²) in [5.41, 5.74) is 2.70. The number of carbonyl (C=O) groups is 1. The summed E-state index contributed by atoms with van der Waals surface area (Å²) in [5, 5.41) is 3.54. The molecule has 0 radical (unpaired) electrons. The molecule has 2 aliphatic rings. The second-order valence-corrected chi connectivity index (χ2v) is 8.16. The summed E-state index contributed by atoms with van der Waals surface area (Å²) in [4.78, 5) is 23.6. The van der Waals surface area contributed by atoms with Gasteiger partial charge in [0, 0.05) is 59.4 Å². The summed E-state index contributed by atoms with van der Waals surface area (Å²) in [6, 6.07) is 8.70. The van der Waals surface area contributed by atoms with Crippen LogP contribution in [0.1, 0.15) is 30.9 Å². The number of aliphatic imine (C=N–C) groups is 1. The maximum atomic E-state index is 11.8. The van der Waals surface area contributed by atoms with E-state index in [-0.39, 0.29) is 35.9 Å². The predicted molar refractivity (Wildman–Crippen MR) is 136 cm³/mol. The van der Waals surface area contributed by atoms with Crippen LogP contribution in [0, 0.1) is 5.92 Å². The largest absolute Gasteiger partial charge is 0.469 e. The zero-order valence-electron chi connectivity index (χ0n) is 19.2. The predicted octanol–water partition coefficient (Wildman–Crippen LogP) is 2.40. The molecule has 31 heavy (non-hydrogen) atoms. The van der Waals surface area contributed by atoms with Crippen molar-refractivity contribution < 1.29 is 9.53 Å². The highest BCUT2D eigenvalue weighted by molar-refractivity contribution is 14.0. The minimum atomic E-state index is -0.0914. The number of esters is 1. The Morgan fingerprint density at radius 3 is 2.26 bits per heavy atom. The zero-order valence-corrected chi connectivity index (χ0v) is 21.5. The molecular weight excluding hydrogens is 505 g/mol. The van der Waals surface area contributed by atoms with Crippen molar-refractivity contribution >= 4 is 35.9 Å². The van der Waals surface area contributed by atoms with E-state index in [0.717, 1.165) is 77.7 Å². The van der Waals surface area contributed by atoms with Crippen LogP contribution >= 0.6 is 24.0 Å². The fourth-order valence-corrected chi connectivity index (χ4v) is 4.39. The smallest absolute Gasteiger partial charge is 0.308 e. The Balaban J connectivity index is 0.00000341. The van der Waals surface area contributed by atoms with Crippen molar-refractivity contribution in [3.8, 4) is 0 Å². The van der Waals surface area contributed by atoms with Crippen molar-refractivity contribution in [2.24, 2.45) is 10.9 Å². The molecule has 0 bridgehead atoms. The first kappa shape index (κ1) is 25.9. The first-order valence-corrected chi connectivity index (χ1v) is 11.2. The molecule has 7 nitrogen and oxygen atoms in total. The third-order valence-corrected chi connectivity index (χ3v) is 6.40. The summed E-state index contributed by atoms with van der Waals surface area (Å²) in [7, 11) is 3.30. The van der Waals surface area contributed by atoms with E-state index < -0.39 is 0 Å². The van der Waals surface area contributed by atoms with Crippen molar-refractivity contribution in [2.45, 2.75) is 32.9 Å². The molecule has 0 aromatic heterocycles. The first-order chi connectivity index (χ1) is 14.6. The molecule has 2 saturated heterocycles. The molecule has 1 aromatic carbocycles. The molecule has 2 fully saturated rings. The third kappa shape index (κ3) is 7.32. The Kier molecular flexibility index (Phi) is 11.0. The molecule has 2 aliphatic heterocycles. The Hall–Kier alpha value is -1.39. The second kappa shape index (κ2) is 13.2. The molecule has 8 heteroatoms. The van der Waals surface area contributed by atoms with Gasteiger partial charge in [0.2, 0.25) is 0 Å². The van der Waals surface area contributed by atoms with Gasteiger partial charge in [0.1, 0.15) is 0 Å². The SMILES string of the molecule is CCN1CCN(Cc2ccccc2CNC(=NC)N2CCC(C(=O)OC)CC2)CC1.I. The maximum Gasteiger partial charge on any atom is 0.308 e. The fraction of sp³-hybridized carbons (Fsp3) is 0.652. The van der Waals surface area contributed by atoms with Crippen molar-refractivity contribution in [1.29, 1.82) is 0 Å². The lowest BCUT2D eigenvalue weighted by atomic mass is 9.97. The van der Waals surface area contributed by atoms with E-state index in [1.807, 2.05) is 7.05 Å². The number of halogens is 1. The highest BCUT2D eigenvalue weighted by Gasteiger charge is 2.27. The average Bonchev–Trinajstić information content (AvgIpc) is 2.81. The van der Waals surface area contributed by atoms with Gasteiger partial charge in [-0.3, -0.25) is 14.7 Å². The summed E-state index contributed by atoms with van der Waals surface area (Å²) >= 11 is 0. The highest BCUT2D eigenvalue weighted by atomic mass is 127. The first-order valence-electron chi connectivity index (χ1n) is 11.2. The molecule has 2 heterocycles. The number of likely N-dealkylation sites (N-methyl/N-ethyl adjacent to an activating group) is 1. The molecule has 1 N–H and O–H groups in total. The molecule has 0 saturated carbocycles. The number of likely N-dealkylation sites (tertiary alicyclic amines) is 1. The van der Waals surface area contributed by atoms with Gasteiger partial charge in [-0.15, -0.1) is 24.0 Å². The number of hydrogen-bond acceptors (Lipinski definition) is 5. The van der Waals surface area contributed by atoms with Crippen LogP contribution in [0.5, 0.6) is 0 Å². The Labute approximate surface area is 204 Å². The van der Waals surface area contributed by atoms with Crippen LogP contribution in [-0.2, 0) is 22.6 Å². The van der Waals surface area contributed by atoms with E-state index in [1.165, 1.54) is 18.2 Å². The van der Waals surface area contributed by atoms with Crippen molar-refractivity contribution in [3.63, 3.8) is 0 Å². The molecule has 0 unspecified atom stereocenters. The lowest BCUT2D eigenvalue weighted by molar-refractivity contribution is -0.146. The molecule has 1 aromatic rings. The number of piperazine rings is 1. The van der Waals surface area contributed by atoms with Gasteiger partial charge in [-0.05, 0) is 30.5 Å². The second-order valence-electron chi connectivity index (χ2n) is 8.16. The maximum absolute atomic E-state index is 11.8. The number of nitrogens with one attached hydrogen (secondary N) is 1. The van der Waals surface area contributed by atoms with Crippen LogP contribution in [0.4, 0.5) is 0 Å². The standard InChI is InChI=1S/C23H37N5O2.HI/c1-4-26-13-15-27(16-14-26)18-21-8-6-5-7-20(21)17-25-23(24-2)28-11-9-19(10-12-28)22(29)30-3;/h5-8,19H,4,9-18H2,1-3H3,(H,24,25);1H. The summed E-state index contributed by atoms with van der Waals surface area (Å²) in [5.74, 6) is 0.828. The van der Waals surface area contributed by atoms with Crippen molar-refractivity contribution in [3.05, 3.63) is 35.4 Å². The van der Waals surface area contributed by atoms with Gasteiger partial charge in [0.25, 0.3) is 0 Å². The summed E-state index contributed by atoms with van der Waals surface area (Å²) < 4.78 is 4.89. The van der Waals surface area contributed by atoms with Crippen LogP contribution in [0.3, 0.4) is 0 Å². The molecule has 3 rings (SSSR count). The lowest BCUT2D eigenvalue weighted by Crippen LogP contribution is -2.46. The van der Waals surface area contributed by atoms with Gasteiger partial charge in [-0.1, -0.05) is 31.2 Å². The van der Waals surface area contributed by atoms with Gasteiger partial charge >= 0.3 is 5.97 Å². The molecule has 0 aliphatic carbocycles. The van der Waals surface area contributed by atoms with Crippen LogP contribution in [0.2, 0.25) is 0 Å². The third-order valence-electron chi connectivity index (χ3n) is 6.40. The van der Waals surface area contributed by atoms with Crippen LogP contribution in [0.25, 0.3) is 0 Å². The van der Waals surface area contributed by atoms with E-state index in [9.17, 15) is 4.79 Å². The number of guanidine groups is 1. The van der Waals surface area contributed by atoms with Crippen molar-refractivity contribution in [1.82, 2.24) is 20.0 Å². The van der Waals surface area contributed by atoms with Crippen molar-refractivity contribution in [2.75, 3.05) is 60.0 Å². The van der Waals surface area contributed by atoms with E-state index in [2.05, 4.69) is 56.2 Å². The van der Waals surface area contributed by atoms with Crippen LogP contribution in [0.15, 0.2) is 29.3 Å². The van der Waals surface area contributed by atoms with Crippen LogP contribution < -0.4 is 5.32 Å². The minimum Gasteiger partial charge on any atom is -0.469 e. The number of ether oxygens (including phenoxy) is 1. The average molecular weight is 543 g/mol. The number of carbonyl (C=O) groups excluding carboxylic acids is 1. The Morgan fingerprint density at radius 1 is 1.06 bits per heavy atom. The van der Waals surface area contributed by atoms with Crippen LogP contribution in [-0.4, -0.2) is 86.6 Å². The summed E-state index contributed by atoms with van der Waals surface area (Å²) in [6.45, 7) is 11.4. The topological polar surface area (TPSA) is 60.4 Å². The molecule has 0 atom stereocenters. The minimum absolute atomic E-state index is 0. The molecule has 174 valence electrons. The van der Waals surface area contributed by atoms with Gasteiger partial charge in [-0.25, -0.2) is 0 Å². The fourth-order valence-electron chi connectivity index (χ4n) is 4.39. The van der Waals surface area contributed by atoms with E-state index in [1.54, 1.807) is 0 Å². The van der Waals surface area contributed by atoms with E-state index >= 15 is 0 Å². The number of hydrogen-bond donors (Lipinski definition) is 1. The zero-order chi connectivity index (χ0) is 21.3. The van der Waals surface area contributed by atoms with Gasteiger partial charge < -0.3 is 19.9 Å². The van der Waals surface area contributed by atoms with Gasteiger partial charge in [-0.2, -0.15) is 0 Å². The monoisotopic (exact) mass is 543 g/mol. The lowest BCUT2D eigenvalue weighted by Gasteiger charge is -2.34. The quantitative estimate of drug-likeness (QED) is 0.258. The van der Waals surface area contributed by atoms with Gasteiger partial charge in [0.15, 0.2) is 5.96 Å². The number of nitrogens with zero attached hydrogens (tertiary/aromatic N) is 4. The number of piperidine rings is 1.